The number of hydrogen-bond donors (Lipinski definition) is 1. The van der Waals surface area contributed by atoms with Crippen molar-refractivity contribution in [3.8, 4) is 10.0 Å². The quantitative estimate of drug-likeness (QED) is 0.539. The molecule has 1 amide bonds. The van der Waals surface area contributed by atoms with Gasteiger partial charge in [-0.2, -0.15) is 0 Å². The average molecular weight is 366 g/mol. The Balaban J connectivity index is 2.06. The molecular formula is C17H23N3O2S2. The Labute approximate surface area is 150 Å². The summed E-state index contributed by atoms with van der Waals surface area (Å²) in [5, 5.41) is 6.20. The second-order valence-corrected chi connectivity index (χ2v) is 8.01. The van der Waals surface area contributed by atoms with Crippen molar-refractivity contribution in [3.05, 3.63) is 22.1 Å². The SMILES string of the molecule is CNC(=O)CCCCC(=O)c1nc(-c2nccs2)sc1CC(C)C. The van der Waals surface area contributed by atoms with Crippen molar-refractivity contribution in [2.45, 2.75) is 46.0 Å². The van der Waals surface area contributed by atoms with Crippen molar-refractivity contribution in [1.82, 2.24) is 15.3 Å². The summed E-state index contributed by atoms with van der Waals surface area (Å²) in [7, 11) is 1.63. The van der Waals surface area contributed by atoms with Gasteiger partial charge in [0.15, 0.2) is 15.8 Å². The highest BCUT2D eigenvalue weighted by atomic mass is 32.1. The number of carbonyl (C=O) groups excluding carboxylic acids is 2. The Hall–Kier alpha value is -1.60. The molecule has 2 aromatic heterocycles. The molecule has 0 atom stereocenters. The van der Waals surface area contributed by atoms with Crippen LogP contribution in [0.15, 0.2) is 11.6 Å². The van der Waals surface area contributed by atoms with Crippen LogP contribution in [0, 0.1) is 5.92 Å². The van der Waals surface area contributed by atoms with E-state index in [1.165, 1.54) is 11.3 Å². The molecule has 0 unspecified atom stereocenters. The van der Waals surface area contributed by atoms with Crippen molar-refractivity contribution in [2.24, 2.45) is 5.92 Å². The molecule has 0 aliphatic carbocycles. The standard InChI is InChI=1S/C17H23N3O2S2/c1-11(2)10-13-15(12(21)6-4-5-7-14(22)18-3)20-17(24-13)16-19-8-9-23-16/h8-9,11H,4-7,10H2,1-3H3,(H,18,22). The maximum absolute atomic E-state index is 12.6. The summed E-state index contributed by atoms with van der Waals surface area (Å²) in [5.74, 6) is 0.554. The van der Waals surface area contributed by atoms with Crippen LogP contribution < -0.4 is 5.32 Å². The van der Waals surface area contributed by atoms with Crippen LogP contribution in [0.5, 0.6) is 0 Å². The number of carbonyl (C=O) groups is 2. The molecule has 0 aromatic carbocycles. The highest BCUT2D eigenvalue weighted by molar-refractivity contribution is 7.20. The van der Waals surface area contributed by atoms with Crippen LogP contribution in [0.25, 0.3) is 10.0 Å². The number of unbranched alkanes of at least 4 members (excludes halogenated alkanes) is 1. The fourth-order valence-electron chi connectivity index (χ4n) is 2.31. The van der Waals surface area contributed by atoms with E-state index in [4.69, 9.17) is 0 Å². The van der Waals surface area contributed by atoms with E-state index in [1.807, 2.05) is 5.38 Å². The molecule has 2 aromatic rings. The van der Waals surface area contributed by atoms with Crippen LogP contribution in [-0.4, -0.2) is 28.7 Å². The number of ketones is 1. The lowest BCUT2D eigenvalue weighted by Gasteiger charge is -2.04. The van der Waals surface area contributed by atoms with E-state index >= 15 is 0 Å². The molecule has 0 aliphatic rings. The number of rotatable bonds is 9. The minimum atomic E-state index is 0.0164. The van der Waals surface area contributed by atoms with E-state index in [0.717, 1.165) is 21.3 Å². The van der Waals surface area contributed by atoms with Gasteiger partial charge in [0, 0.05) is 36.3 Å². The molecule has 0 bridgehead atoms. The van der Waals surface area contributed by atoms with Gasteiger partial charge >= 0.3 is 0 Å². The Morgan fingerprint density at radius 2 is 1.96 bits per heavy atom. The number of Topliss-reactive ketones (excluding diaryl/α,β-unsaturated/α-hetero) is 1. The molecule has 130 valence electrons. The van der Waals surface area contributed by atoms with E-state index in [2.05, 4.69) is 29.1 Å². The summed E-state index contributed by atoms with van der Waals surface area (Å²) in [6.45, 7) is 4.28. The van der Waals surface area contributed by atoms with E-state index in [9.17, 15) is 9.59 Å². The number of nitrogens with zero attached hydrogens (tertiary/aromatic N) is 2. The summed E-state index contributed by atoms with van der Waals surface area (Å²) in [5.41, 5.74) is 0.596. The third-order valence-electron chi connectivity index (χ3n) is 3.51. The largest absolute Gasteiger partial charge is 0.359 e. The molecular weight excluding hydrogens is 342 g/mol. The van der Waals surface area contributed by atoms with Gasteiger partial charge in [-0.3, -0.25) is 9.59 Å². The van der Waals surface area contributed by atoms with Crippen LogP contribution in [0.3, 0.4) is 0 Å². The number of hydrogen-bond acceptors (Lipinski definition) is 6. The van der Waals surface area contributed by atoms with Gasteiger partial charge in [-0.25, -0.2) is 9.97 Å². The number of nitrogens with one attached hydrogen (secondary N) is 1. The predicted octanol–water partition coefficient (Wildman–Crippen LogP) is 3.95. The molecule has 0 saturated heterocycles. The van der Waals surface area contributed by atoms with Crippen LogP contribution in [0.1, 0.15) is 54.9 Å². The van der Waals surface area contributed by atoms with Gasteiger partial charge in [-0.15, -0.1) is 22.7 Å². The van der Waals surface area contributed by atoms with Gasteiger partial charge in [-0.1, -0.05) is 13.8 Å². The number of amides is 1. The Morgan fingerprint density at radius 3 is 2.58 bits per heavy atom. The molecule has 0 fully saturated rings. The van der Waals surface area contributed by atoms with Crippen LogP contribution >= 0.6 is 22.7 Å². The first-order chi connectivity index (χ1) is 11.5. The second kappa shape index (κ2) is 9.03. The normalized spacial score (nSPS) is 11.0. The Bertz CT molecular complexity index is 678. The smallest absolute Gasteiger partial charge is 0.219 e. The minimum Gasteiger partial charge on any atom is -0.359 e. The highest BCUT2D eigenvalue weighted by Crippen LogP contribution is 2.31. The molecule has 5 nitrogen and oxygen atoms in total. The Kier molecular flexibility index (Phi) is 7.05. The molecule has 0 aliphatic heterocycles. The average Bonchev–Trinajstić information content (AvgIpc) is 3.19. The van der Waals surface area contributed by atoms with E-state index in [1.54, 1.807) is 24.6 Å². The summed E-state index contributed by atoms with van der Waals surface area (Å²) in [6.07, 6.45) is 4.92. The first kappa shape index (κ1) is 18.7. The molecule has 2 rings (SSSR count). The van der Waals surface area contributed by atoms with Crippen molar-refractivity contribution >= 4 is 34.4 Å². The lowest BCUT2D eigenvalue weighted by Crippen LogP contribution is -2.17. The fraction of sp³-hybridized carbons (Fsp3) is 0.529. The first-order valence-corrected chi connectivity index (χ1v) is 9.84. The second-order valence-electron chi connectivity index (χ2n) is 6.03. The van der Waals surface area contributed by atoms with Crippen molar-refractivity contribution in [1.29, 1.82) is 0 Å². The highest BCUT2D eigenvalue weighted by Gasteiger charge is 2.20. The van der Waals surface area contributed by atoms with Gasteiger partial charge in [0.1, 0.15) is 5.69 Å². The van der Waals surface area contributed by atoms with Crippen molar-refractivity contribution in [2.75, 3.05) is 7.05 Å². The van der Waals surface area contributed by atoms with Gasteiger partial charge < -0.3 is 5.32 Å². The van der Waals surface area contributed by atoms with E-state index < -0.39 is 0 Å². The summed E-state index contributed by atoms with van der Waals surface area (Å²) in [4.78, 5) is 33.7. The maximum atomic E-state index is 12.6. The molecule has 1 N–H and O–H groups in total. The molecule has 7 heteroatoms. The third-order valence-corrected chi connectivity index (χ3v) is 5.50. The maximum Gasteiger partial charge on any atom is 0.219 e. The van der Waals surface area contributed by atoms with Gasteiger partial charge in [0.25, 0.3) is 0 Å². The molecule has 2 heterocycles. The van der Waals surface area contributed by atoms with Crippen molar-refractivity contribution < 1.29 is 9.59 Å². The van der Waals surface area contributed by atoms with Crippen LogP contribution in [-0.2, 0) is 11.2 Å². The fourth-order valence-corrected chi connectivity index (χ4v) is 4.29. The molecule has 0 spiro atoms. The van der Waals surface area contributed by atoms with Gasteiger partial charge in [-0.05, 0) is 25.2 Å². The monoisotopic (exact) mass is 365 g/mol. The molecule has 24 heavy (non-hydrogen) atoms. The lowest BCUT2D eigenvalue weighted by atomic mass is 10.0. The summed E-state index contributed by atoms with van der Waals surface area (Å²) in [6, 6.07) is 0. The zero-order valence-electron chi connectivity index (χ0n) is 14.3. The van der Waals surface area contributed by atoms with E-state index in [-0.39, 0.29) is 11.7 Å². The summed E-state index contributed by atoms with van der Waals surface area (Å²) >= 11 is 3.11. The van der Waals surface area contributed by atoms with Gasteiger partial charge in [0.2, 0.25) is 5.91 Å². The third kappa shape index (κ3) is 5.21. The lowest BCUT2D eigenvalue weighted by molar-refractivity contribution is -0.120. The zero-order chi connectivity index (χ0) is 17.5. The Morgan fingerprint density at radius 1 is 1.21 bits per heavy atom. The van der Waals surface area contributed by atoms with Crippen LogP contribution in [0.4, 0.5) is 0 Å². The predicted molar refractivity (Wildman–Crippen MR) is 98.6 cm³/mol. The zero-order valence-corrected chi connectivity index (χ0v) is 15.9. The minimum absolute atomic E-state index is 0.0164. The number of thiazole rings is 2. The van der Waals surface area contributed by atoms with Gasteiger partial charge in [0.05, 0.1) is 0 Å². The molecule has 0 saturated carbocycles. The molecule has 0 radical (unpaired) electrons. The topological polar surface area (TPSA) is 72.0 Å². The first-order valence-electron chi connectivity index (χ1n) is 8.14. The van der Waals surface area contributed by atoms with Crippen LogP contribution in [0.2, 0.25) is 0 Å². The summed E-state index contributed by atoms with van der Waals surface area (Å²) < 4.78 is 0. The van der Waals surface area contributed by atoms with Crippen molar-refractivity contribution in [3.63, 3.8) is 0 Å². The van der Waals surface area contributed by atoms with E-state index in [0.29, 0.717) is 37.3 Å². The number of aromatic nitrogens is 2.